The molecular formula is C16H26N4. The van der Waals surface area contributed by atoms with Gasteiger partial charge in [0.15, 0.2) is 0 Å². The van der Waals surface area contributed by atoms with Gasteiger partial charge in [0.25, 0.3) is 0 Å². The Bertz CT molecular complexity index is 448. The molecule has 3 rings (SSSR count). The summed E-state index contributed by atoms with van der Waals surface area (Å²) in [7, 11) is 0. The van der Waals surface area contributed by atoms with Crippen LogP contribution < -0.4 is 5.32 Å². The minimum absolute atomic E-state index is 0.378. The van der Waals surface area contributed by atoms with Crippen LogP contribution in [0.1, 0.15) is 50.0 Å². The van der Waals surface area contributed by atoms with Gasteiger partial charge in [0.1, 0.15) is 0 Å². The van der Waals surface area contributed by atoms with E-state index in [1.807, 2.05) is 6.20 Å². The van der Waals surface area contributed by atoms with Crippen molar-refractivity contribution in [3.05, 3.63) is 23.8 Å². The summed E-state index contributed by atoms with van der Waals surface area (Å²) in [6, 6.07) is 0.378. The molecule has 1 aromatic heterocycles. The number of nitrogens with one attached hydrogen (secondary N) is 1. The van der Waals surface area contributed by atoms with Crippen molar-refractivity contribution in [1.82, 2.24) is 20.2 Å². The van der Waals surface area contributed by atoms with Gasteiger partial charge in [-0.15, -0.1) is 0 Å². The number of rotatable bonds is 2. The third-order valence-corrected chi connectivity index (χ3v) is 5.11. The van der Waals surface area contributed by atoms with Crippen molar-refractivity contribution in [2.75, 3.05) is 26.2 Å². The summed E-state index contributed by atoms with van der Waals surface area (Å²) in [4.78, 5) is 11.6. The largest absolute Gasteiger partial charge is 0.316 e. The van der Waals surface area contributed by atoms with E-state index in [9.17, 15) is 0 Å². The first-order chi connectivity index (χ1) is 9.70. The molecular weight excluding hydrogens is 248 g/mol. The molecule has 0 radical (unpaired) electrons. The number of piperidine rings is 2. The van der Waals surface area contributed by atoms with Gasteiger partial charge in [-0.25, -0.2) is 0 Å². The van der Waals surface area contributed by atoms with Gasteiger partial charge in [-0.05, 0) is 58.0 Å². The van der Waals surface area contributed by atoms with Crippen molar-refractivity contribution in [2.24, 2.45) is 5.41 Å². The zero-order valence-corrected chi connectivity index (χ0v) is 12.7. The standard InChI is InChI=1S/C16H26N4/c1-13-15(19-9-8-18-13)14(2)20-10-4-6-16(12-20)5-3-7-17-11-16/h8-9,14,17H,3-7,10-12H2,1-2H3. The molecule has 2 unspecified atom stereocenters. The minimum atomic E-state index is 0.378. The first-order valence-electron chi connectivity index (χ1n) is 7.92. The number of aromatic nitrogens is 2. The molecule has 4 nitrogen and oxygen atoms in total. The van der Waals surface area contributed by atoms with E-state index in [1.165, 1.54) is 51.9 Å². The molecule has 2 aliphatic rings. The Hall–Kier alpha value is -1.00. The molecule has 1 N–H and O–H groups in total. The average molecular weight is 274 g/mol. The summed E-state index contributed by atoms with van der Waals surface area (Å²) in [5.41, 5.74) is 2.72. The molecule has 1 spiro atoms. The van der Waals surface area contributed by atoms with Crippen LogP contribution in [0.15, 0.2) is 12.4 Å². The number of hydrogen-bond acceptors (Lipinski definition) is 4. The molecule has 2 aliphatic heterocycles. The Morgan fingerprint density at radius 2 is 2.05 bits per heavy atom. The quantitative estimate of drug-likeness (QED) is 0.898. The van der Waals surface area contributed by atoms with Crippen LogP contribution in [0, 0.1) is 12.3 Å². The van der Waals surface area contributed by atoms with E-state index in [1.54, 1.807) is 6.20 Å². The first-order valence-corrected chi connectivity index (χ1v) is 7.92. The summed E-state index contributed by atoms with van der Waals surface area (Å²) in [5.74, 6) is 0. The van der Waals surface area contributed by atoms with Crippen molar-refractivity contribution in [2.45, 2.75) is 45.6 Å². The molecule has 2 fully saturated rings. The lowest BCUT2D eigenvalue weighted by molar-refractivity contribution is 0.0402. The highest BCUT2D eigenvalue weighted by molar-refractivity contribution is 5.13. The van der Waals surface area contributed by atoms with Crippen LogP contribution >= 0.6 is 0 Å². The van der Waals surface area contributed by atoms with Crippen LogP contribution in [0.2, 0.25) is 0 Å². The van der Waals surface area contributed by atoms with Gasteiger partial charge in [0, 0.05) is 25.5 Å². The number of likely N-dealkylation sites (tertiary alicyclic amines) is 1. The van der Waals surface area contributed by atoms with Crippen LogP contribution in [0.4, 0.5) is 0 Å². The molecule has 0 aliphatic carbocycles. The number of nitrogens with zero attached hydrogens (tertiary/aromatic N) is 3. The molecule has 0 bridgehead atoms. The van der Waals surface area contributed by atoms with Gasteiger partial charge < -0.3 is 5.32 Å². The fraction of sp³-hybridized carbons (Fsp3) is 0.750. The lowest BCUT2D eigenvalue weighted by Gasteiger charge is -2.47. The van der Waals surface area contributed by atoms with Crippen molar-refractivity contribution < 1.29 is 0 Å². The normalized spacial score (nSPS) is 29.5. The van der Waals surface area contributed by atoms with E-state index in [0.717, 1.165) is 11.4 Å². The van der Waals surface area contributed by atoms with Gasteiger partial charge in [-0.3, -0.25) is 14.9 Å². The molecule has 20 heavy (non-hydrogen) atoms. The maximum atomic E-state index is 4.57. The van der Waals surface area contributed by atoms with Crippen LogP contribution in [-0.4, -0.2) is 41.0 Å². The van der Waals surface area contributed by atoms with E-state index in [-0.39, 0.29) is 0 Å². The zero-order chi connectivity index (χ0) is 14.0. The maximum Gasteiger partial charge on any atom is 0.0784 e. The van der Waals surface area contributed by atoms with Crippen molar-refractivity contribution in [3.8, 4) is 0 Å². The molecule has 3 heterocycles. The van der Waals surface area contributed by atoms with Gasteiger partial charge >= 0.3 is 0 Å². The second kappa shape index (κ2) is 5.78. The Morgan fingerprint density at radius 1 is 1.25 bits per heavy atom. The number of hydrogen-bond donors (Lipinski definition) is 1. The second-order valence-electron chi connectivity index (χ2n) is 6.56. The Labute approximate surface area is 122 Å². The summed E-state index contributed by atoms with van der Waals surface area (Å²) in [6.07, 6.45) is 9.00. The molecule has 2 saturated heterocycles. The molecule has 0 saturated carbocycles. The summed E-state index contributed by atoms with van der Waals surface area (Å²) < 4.78 is 0. The molecule has 2 atom stereocenters. The molecule has 4 heteroatoms. The minimum Gasteiger partial charge on any atom is -0.316 e. The Morgan fingerprint density at radius 3 is 2.80 bits per heavy atom. The lowest BCUT2D eigenvalue weighted by Crippen LogP contribution is -2.51. The van der Waals surface area contributed by atoms with Crippen molar-refractivity contribution in [1.29, 1.82) is 0 Å². The SMILES string of the molecule is Cc1nccnc1C(C)N1CCCC2(CCCNC2)C1. The summed E-state index contributed by atoms with van der Waals surface area (Å²) in [6.45, 7) is 9.14. The fourth-order valence-corrected chi connectivity index (χ4v) is 3.96. The van der Waals surface area contributed by atoms with E-state index in [2.05, 4.69) is 34.0 Å². The van der Waals surface area contributed by atoms with Gasteiger partial charge in [-0.1, -0.05) is 0 Å². The van der Waals surface area contributed by atoms with Crippen LogP contribution in [-0.2, 0) is 0 Å². The molecule has 110 valence electrons. The van der Waals surface area contributed by atoms with Gasteiger partial charge in [-0.2, -0.15) is 0 Å². The van der Waals surface area contributed by atoms with Crippen LogP contribution in [0.3, 0.4) is 0 Å². The lowest BCUT2D eigenvalue weighted by atomic mass is 9.74. The second-order valence-corrected chi connectivity index (χ2v) is 6.56. The average Bonchev–Trinajstić information content (AvgIpc) is 2.48. The predicted octanol–water partition coefficient (Wildman–Crippen LogP) is 2.31. The number of aryl methyl sites for hydroxylation is 1. The highest BCUT2D eigenvalue weighted by Crippen LogP contribution is 2.38. The van der Waals surface area contributed by atoms with Gasteiger partial charge in [0.2, 0.25) is 0 Å². The monoisotopic (exact) mass is 274 g/mol. The third kappa shape index (κ3) is 2.72. The van der Waals surface area contributed by atoms with E-state index in [0.29, 0.717) is 11.5 Å². The van der Waals surface area contributed by atoms with Gasteiger partial charge in [0.05, 0.1) is 17.4 Å². The molecule has 0 aromatic carbocycles. The predicted molar refractivity (Wildman–Crippen MR) is 80.5 cm³/mol. The maximum absolute atomic E-state index is 4.57. The third-order valence-electron chi connectivity index (χ3n) is 5.11. The Kier molecular flexibility index (Phi) is 4.03. The van der Waals surface area contributed by atoms with E-state index >= 15 is 0 Å². The smallest absolute Gasteiger partial charge is 0.0784 e. The highest BCUT2D eigenvalue weighted by Gasteiger charge is 2.38. The van der Waals surface area contributed by atoms with Crippen molar-refractivity contribution in [3.63, 3.8) is 0 Å². The summed E-state index contributed by atoms with van der Waals surface area (Å²) >= 11 is 0. The first kappa shape index (κ1) is 14.0. The molecule has 0 amide bonds. The molecule has 1 aromatic rings. The van der Waals surface area contributed by atoms with Crippen LogP contribution in [0.5, 0.6) is 0 Å². The zero-order valence-electron chi connectivity index (χ0n) is 12.7. The fourth-order valence-electron chi connectivity index (χ4n) is 3.96. The topological polar surface area (TPSA) is 41.1 Å². The van der Waals surface area contributed by atoms with E-state index in [4.69, 9.17) is 0 Å². The Balaban J connectivity index is 1.75. The van der Waals surface area contributed by atoms with E-state index < -0.39 is 0 Å². The summed E-state index contributed by atoms with van der Waals surface area (Å²) in [5, 5.41) is 3.60. The van der Waals surface area contributed by atoms with Crippen molar-refractivity contribution >= 4 is 0 Å². The highest BCUT2D eigenvalue weighted by atomic mass is 15.2. The van der Waals surface area contributed by atoms with Crippen LogP contribution in [0.25, 0.3) is 0 Å².